The van der Waals surface area contributed by atoms with Gasteiger partial charge >= 0.3 is 0 Å². The maximum atomic E-state index is 5.03. The molecule has 7 aromatic rings. The standard InChI is InChI=1S/C34H24N2/c1-23-30-12-6-5-9-24(30)19-20-31(23)27-17-15-26-22-28(18-16-25(26)21-27)34-35-32-13-7-8-14-33(32)36(34)29-10-3-2-4-11-29/h2-22H,1H3. The lowest BCUT2D eigenvalue weighted by molar-refractivity contribution is 1.10. The molecule has 1 aromatic heterocycles. The highest BCUT2D eigenvalue weighted by Gasteiger charge is 2.15. The van der Waals surface area contributed by atoms with E-state index in [0.717, 1.165) is 28.1 Å². The second kappa shape index (κ2) is 8.21. The minimum absolute atomic E-state index is 0.957. The lowest BCUT2D eigenvalue weighted by atomic mass is 9.93. The zero-order valence-electron chi connectivity index (χ0n) is 20.0. The highest BCUT2D eigenvalue weighted by molar-refractivity contribution is 5.95. The van der Waals surface area contributed by atoms with E-state index in [2.05, 4.69) is 127 Å². The van der Waals surface area contributed by atoms with Crippen molar-refractivity contribution in [3.05, 3.63) is 133 Å². The van der Waals surface area contributed by atoms with Gasteiger partial charge < -0.3 is 0 Å². The Kier molecular flexibility index (Phi) is 4.71. The van der Waals surface area contributed by atoms with Crippen molar-refractivity contribution in [1.29, 1.82) is 0 Å². The largest absolute Gasteiger partial charge is 0.292 e. The minimum atomic E-state index is 0.957. The maximum absolute atomic E-state index is 5.03. The number of aryl methyl sites for hydroxylation is 1. The first-order chi connectivity index (χ1) is 17.8. The van der Waals surface area contributed by atoms with E-state index in [0.29, 0.717) is 0 Å². The number of imidazole rings is 1. The van der Waals surface area contributed by atoms with Gasteiger partial charge in [-0.1, -0.05) is 91.0 Å². The van der Waals surface area contributed by atoms with Crippen molar-refractivity contribution in [3.8, 4) is 28.2 Å². The molecule has 7 rings (SSSR count). The lowest BCUT2D eigenvalue weighted by Crippen LogP contribution is -1.97. The summed E-state index contributed by atoms with van der Waals surface area (Å²) in [6.45, 7) is 2.22. The summed E-state index contributed by atoms with van der Waals surface area (Å²) in [5.41, 5.74) is 8.18. The van der Waals surface area contributed by atoms with Crippen molar-refractivity contribution in [1.82, 2.24) is 9.55 Å². The second-order valence-corrected chi connectivity index (χ2v) is 9.33. The van der Waals surface area contributed by atoms with Crippen LogP contribution in [-0.4, -0.2) is 9.55 Å². The Balaban J connectivity index is 1.37. The summed E-state index contributed by atoms with van der Waals surface area (Å²) in [5.74, 6) is 0.957. The molecule has 0 aliphatic heterocycles. The van der Waals surface area contributed by atoms with Gasteiger partial charge in [-0.25, -0.2) is 4.98 Å². The van der Waals surface area contributed by atoms with Gasteiger partial charge in [0.2, 0.25) is 0 Å². The van der Waals surface area contributed by atoms with Crippen LogP contribution in [0.5, 0.6) is 0 Å². The summed E-state index contributed by atoms with van der Waals surface area (Å²) in [6.07, 6.45) is 0. The van der Waals surface area contributed by atoms with E-state index in [1.807, 2.05) is 12.1 Å². The van der Waals surface area contributed by atoms with Gasteiger partial charge in [-0.05, 0) is 81.6 Å². The van der Waals surface area contributed by atoms with Gasteiger partial charge in [-0.3, -0.25) is 4.57 Å². The van der Waals surface area contributed by atoms with Crippen molar-refractivity contribution in [3.63, 3.8) is 0 Å². The van der Waals surface area contributed by atoms with Crippen molar-refractivity contribution in [2.75, 3.05) is 0 Å². The third kappa shape index (κ3) is 3.30. The summed E-state index contributed by atoms with van der Waals surface area (Å²) in [4.78, 5) is 5.03. The molecule has 0 saturated heterocycles. The first-order valence-corrected chi connectivity index (χ1v) is 12.3. The van der Waals surface area contributed by atoms with E-state index in [9.17, 15) is 0 Å². The molecule has 1 heterocycles. The molecule has 0 atom stereocenters. The number of benzene rings is 6. The fourth-order valence-corrected chi connectivity index (χ4v) is 5.35. The Morgan fingerprint density at radius 2 is 1.22 bits per heavy atom. The molecule has 6 aromatic carbocycles. The molecular weight excluding hydrogens is 436 g/mol. The second-order valence-electron chi connectivity index (χ2n) is 9.33. The van der Waals surface area contributed by atoms with Crippen LogP contribution in [0.1, 0.15) is 5.56 Å². The Morgan fingerprint density at radius 3 is 2.08 bits per heavy atom. The number of aromatic nitrogens is 2. The fraction of sp³-hybridized carbons (Fsp3) is 0.0294. The number of nitrogens with zero attached hydrogens (tertiary/aromatic N) is 2. The number of para-hydroxylation sites is 3. The fourth-order valence-electron chi connectivity index (χ4n) is 5.35. The Morgan fingerprint density at radius 1 is 0.556 bits per heavy atom. The molecule has 0 N–H and O–H groups in total. The van der Waals surface area contributed by atoms with E-state index in [1.165, 1.54) is 38.2 Å². The quantitative estimate of drug-likeness (QED) is 0.257. The molecule has 0 aliphatic rings. The summed E-state index contributed by atoms with van der Waals surface area (Å²) in [6, 6.07) is 45.3. The molecule has 0 radical (unpaired) electrons. The number of hydrogen-bond donors (Lipinski definition) is 0. The molecule has 0 aliphatic carbocycles. The van der Waals surface area contributed by atoms with Crippen molar-refractivity contribution in [2.24, 2.45) is 0 Å². The van der Waals surface area contributed by atoms with Gasteiger partial charge in [0.25, 0.3) is 0 Å². The van der Waals surface area contributed by atoms with Crippen LogP contribution in [0.15, 0.2) is 127 Å². The Bertz CT molecular complexity index is 1890. The zero-order chi connectivity index (χ0) is 24.1. The van der Waals surface area contributed by atoms with Gasteiger partial charge in [0.1, 0.15) is 5.82 Å². The summed E-state index contributed by atoms with van der Waals surface area (Å²) in [7, 11) is 0. The normalized spacial score (nSPS) is 11.5. The molecule has 0 spiro atoms. The predicted molar refractivity (Wildman–Crippen MR) is 152 cm³/mol. The molecule has 0 amide bonds. The zero-order valence-corrected chi connectivity index (χ0v) is 20.0. The van der Waals surface area contributed by atoms with Crippen molar-refractivity contribution < 1.29 is 0 Å². The molecule has 2 heteroatoms. The monoisotopic (exact) mass is 460 g/mol. The average Bonchev–Trinajstić information content (AvgIpc) is 3.33. The van der Waals surface area contributed by atoms with Crippen molar-refractivity contribution in [2.45, 2.75) is 6.92 Å². The van der Waals surface area contributed by atoms with E-state index in [-0.39, 0.29) is 0 Å². The molecule has 0 bridgehead atoms. The van der Waals surface area contributed by atoms with Crippen LogP contribution in [0.2, 0.25) is 0 Å². The average molecular weight is 461 g/mol. The van der Waals surface area contributed by atoms with E-state index >= 15 is 0 Å². The maximum Gasteiger partial charge on any atom is 0.145 e. The molecule has 170 valence electrons. The van der Waals surface area contributed by atoms with Crippen LogP contribution >= 0.6 is 0 Å². The number of rotatable bonds is 3. The number of hydrogen-bond acceptors (Lipinski definition) is 1. The highest BCUT2D eigenvalue weighted by Crippen LogP contribution is 2.34. The van der Waals surface area contributed by atoms with Gasteiger partial charge in [0.05, 0.1) is 11.0 Å². The summed E-state index contributed by atoms with van der Waals surface area (Å²) in [5, 5.41) is 5.03. The van der Waals surface area contributed by atoms with Crippen LogP contribution in [0.4, 0.5) is 0 Å². The predicted octanol–water partition coefficient (Wildman–Crippen LogP) is 8.97. The van der Waals surface area contributed by atoms with Crippen LogP contribution in [-0.2, 0) is 0 Å². The van der Waals surface area contributed by atoms with Crippen LogP contribution in [0.25, 0.3) is 60.8 Å². The van der Waals surface area contributed by atoms with Gasteiger partial charge in [0, 0.05) is 11.3 Å². The molecule has 0 fully saturated rings. The first-order valence-electron chi connectivity index (χ1n) is 12.3. The SMILES string of the molecule is Cc1c(-c2ccc3cc(-c4nc5ccccc5n4-c4ccccc4)ccc3c2)ccc2ccccc12. The molecule has 36 heavy (non-hydrogen) atoms. The lowest BCUT2D eigenvalue weighted by Gasteiger charge is -2.12. The van der Waals surface area contributed by atoms with Gasteiger partial charge in [-0.15, -0.1) is 0 Å². The topological polar surface area (TPSA) is 17.8 Å². The van der Waals surface area contributed by atoms with Crippen LogP contribution in [0, 0.1) is 6.92 Å². The molecule has 0 saturated carbocycles. The first kappa shape index (κ1) is 20.7. The third-order valence-corrected chi connectivity index (χ3v) is 7.18. The van der Waals surface area contributed by atoms with Crippen LogP contribution in [0.3, 0.4) is 0 Å². The van der Waals surface area contributed by atoms with E-state index in [1.54, 1.807) is 0 Å². The Labute approximate surface area is 210 Å². The van der Waals surface area contributed by atoms with Gasteiger partial charge in [0.15, 0.2) is 0 Å². The van der Waals surface area contributed by atoms with Gasteiger partial charge in [-0.2, -0.15) is 0 Å². The third-order valence-electron chi connectivity index (χ3n) is 7.18. The Hall–Kier alpha value is -4.69. The molecular formula is C34H24N2. The summed E-state index contributed by atoms with van der Waals surface area (Å²) >= 11 is 0. The smallest absolute Gasteiger partial charge is 0.145 e. The molecule has 0 unspecified atom stereocenters. The van der Waals surface area contributed by atoms with E-state index < -0.39 is 0 Å². The van der Waals surface area contributed by atoms with Crippen molar-refractivity contribution >= 4 is 32.6 Å². The van der Waals surface area contributed by atoms with Crippen LogP contribution < -0.4 is 0 Å². The number of fused-ring (bicyclic) bond motifs is 3. The minimum Gasteiger partial charge on any atom is -0.292 e. The highest BCUT2D eigenvalue weighted by atomic mass is 15.1. The van der Waals surface area contributed by atoms with E-state index in [4.69, 9.17) is 4.98 Å². The summed E-state index contributed by atoms with van der Waals surface area (Å²) < 4.78 is 2.25. The molecule has 2 nitrogen and oxygen atoms in total.